The van der Waals surface area contributed by atoms with Gasteiger partial charge >= 0.3 is 5.97 Å². The smallest absolute Gasteiger partial charge is 0.374 e. The van der Waals surface area contributed by atoms with Crippen molar-refractivity contribution < 1.29 is 18.8 Å². The van der Waals surface area contributed by atoms with Crippen molar-refractivity contribution in [2.24, 2.45) is 0 Å². The number of furan rings is 1. The summed E-state index contributed by atoms with van der Waals surface area (Å²) < 4.78 is 11.1. The molecular formula is C23H27N2O3+. The number of fused-ring (bicyclic) bond motifs is 1. The maximum atomic E-state index is 12.4. The summed E-state index contributed by atoms with van der Waals surface area (Å²) in [5, 5.41) is 1.01. The van der Waals surface area contributed by atoms with Crippen LogP contribution in [0.5, 0.6) is 0 Å². The quantitative estimate of drug-likeness (QED) is 0.693. The maximum Gasteiger partial charge on any atom is 0.374 e. The van der Waals surface area contributed by atoms with Crippen molar-refractivity contribution in [2.45, 2.75) is 20.4 Å². The van der Waals surface area contributed by atoms with Crippen LogP contribution in [-0.2, 0) is 11.3 Å². The molecular weight excluding hydrogens is 352 g/mol. The van der Waals surface area contributed by atoms with Crippen LogP contribution >= 0.6 is 0 Å². The van der Waals surface area contributed by atoms with Crippen LogP contribution < -0.4 is 9.80 Å². The maximum absolute atomic E-state index is 12.4. The van der Waals surface area contributed by atoms with Crippen molar-refractivity contribution in [3.8, 4) is 0 Å². The average Bonchev–Trinajstić information content (AvgIpc) is 3.08. The number of benzene rings is 2. The minimum atomic E-state index is -0.369. The number of aryl methyl sites for hydroxylation is 1. The molecule has 1 aliphatic heterocycles. The largest absolute Gasteiger partial charge is 0.460 e. The molecule has 2 aromatic carbocycles. The van der Waals surface area contributed by atoms with E-state index in [4.69, 9.17) is 9.15 Å². The fraction of sp³-hybridized carbons (Fsp3) is 0.348. The Morgan fingerprint density at radius 1 is 1.11 bits per heavy atom. The van der Waals surface area contributed by atoms with Crippen LogP contribution in [0.4, 0.5) is 5.69 Å². The average molecular weight is 379 g/mol. The summed E-state index contributed by atoms with van der Waals surface area (Å²) in [5.74, 6) is -0.0106. The zero-order valence-electron chi connectivity index (χ0n) is 16.5. The van der Waals surface area contributed by atoms with E-state index in [1.54, 1.807) is 0 Å². The Labute approximate surface area is 165 Å². The Morgan fingerprint density at radius 2 is 1.82 bits per heavy atom. The fourth-order valence-electron chi connectivity index (χ4n) is 4.04. The zero-order chi connectivity index (χ0) is 19.5. The molecule has 1 N–H and O–H groups in total. The first-order valence-electron chi connectivity index (χ1n) is 9.99. The normalized spacial score (nSPS) is 15.1. The summed E-state index contributed by atoms with van der Waals surface area (Å²) in [7, 11) is 0. The number of piperazine rings is 1. The van der Waals surface area contributed by atoms with Gasteiger partial charge in [0.05, 0.1) is 38.3 Å². The van der Waals surface area contributed by atoms with Gasteiger partial charge in [0, 0.05) is 11.1 Å². The lowest BCUT2D eigenvalue weighted by molar-refractivity contribution is -0.914. The van der Waals surface area contributed by atoms with Crippen molar-refractivity contribution in [1.82, 2.24) is 0 Å². The molecule has 0 unspecified atom stereocenters. The van der Waals surface area contributed by atoms with Crippen LogP contribution in [0.15, 0.2) is 52.9 Å². The van der Waals surface area contributed by atoms with Crippen molar-refractivity contribution in [1.29, 1.82) is 0 Å². The van der Waals surface area contributed by atoms with Crippen molar-refractivity contribution >= 4 is 22.6 Å². The number of hydrogen-bond donors (Lipinski definition) is 1. The van der Waals surface area contributed by atoms with Crippen molar-refractivity contribution in [3.05, 3.63) is 65.4 Å². The Morgan fingerprint density at radius 3 is 2.57 bits per heavy atom. The minimum absolute atomic E-state index is 0.345. The molecule has 0 aliphatic carbocycles. The van der Waals surface area contributed by atoms with Gasteiger partial charge in [0.2, 0.25) is 5.76 Å². The number of nitrogens with one attached hydrogen (secondary N) is 1. The highest BCUT2D eigenvalue weighted by Gasteiger charge is 2.27. The molecule has 1 saturated heterocycles. The predicted molar refractivity (Wildman–Crippen MR) is 110 cm³/mol. The van der Waals surface area contributed by atoms with Gasteiger partial charge in [-0.3, -0.25) is 0 Å². The lowest BCUT2D eigenvalue weighted by Gasteiger charge is -2.34. The molecule has 1 aromatic heterocycles. The summed E-state index contributed by atoms with van der Waals surface area (Å²) in [6, 6.07) is 16.4. The van der Waals surface area contributed by atoms with E-state index in [1.807, 2.05) is 31.2 Å². The Hall–Kier alpha value is -2.79. The number of rotatable bonds is 5. The molecule has 0 spiro atoms. The van der Waals surface area contributed by atoms with Gasteiger partial charge in [0.25, 0.3) is 0 Å². The Kier molecular flexibility index (Phi) is 5.35. The summed E-state index contributed by atoms with van der Waals surface area (Å²) in [5.41, 5.74) is 4.35. The molecule has 0 amide bonds. The zero-order valence-corrected chi connectivity index (χ0v) is 16.5. The molecule has 4 rings (SSSR count). The number of ether oxygens (including phenoxy) is 1. The van der Waals surface area contributed by atoms with Gasteiger partial charge in [0.1, 0.15) is 12.1 Å². The first kappa shape index (κ1) is 18.6. The van der Waals surface area contributed by atoms with E-state index in [1.165, 1.54) is 16.2 Å². The molecule has 5 nitrogen and oxygen atoms in total. The first-order valence-corrected chi connectivity index (χ1v) is 9.99. The number of quaternary nitrogens is 1. The molecule has 5 heteroatoms. The van der Waals surface area contributed by atoms with Gasteiger partial charge in [-0.25, -0.2) is 4.79 Å². The number of esters is 1. The van der Waals surface area contributed by atoms with Crippen LogP contribution in [0.2, 0.25) is 0 Å². The van der Waals surface area contributed by atoms with Crippen molar-refractivity contribution in [2.75, 3.05) is 37.7 Å². The monoisotopic (exact) mass is 379 g/mol. The number of nitrogens with zero attached hydrogens (tertiary/aromatic N) is 1. The third-order valence-electron chi connectivity index (χ3n) is 5.51. The third-order valence-corrected chi connectivity index (χ3v) is 5.51. The van der Waals surface area contributed by atoms with E-state index in [-0.39, 0.29) is 5.97 Å². The van der Waals surface area contributed by atoms with Crippen LogP contribution in [0.3, 0.4) is 0 Å². The molecule has 1 fully saturated rings. The topological polar surface area (TPSA) is 47.1 Å². The van der Waals surface area contributed by atoms with E-state index in [0.717, 1.165) is 49.3 Å². The van der Waals surface area contributed by atoms with Crippen LogP contribution in [0.1, 0.15) is 28.6 Å². The van der Waals surface area contributed by atoms with Gasteiger partial charge in [0.15, 0.2) is 0 Å². The number of carbonyl (C=O) groups excluding carboxylic acids is 1. The van der Waals surface area contributed by atoms with Gasteiger partial charge in [-0.1, -0.05) is 36.4 Å². The SMILES string of the molecule is CCOC(=O)c1oc2ccccc2c1C[NH+]1CCN(c2ccccc2C)CC1. The minimum Gasteiger partial charge on any atom is -0.460 e. The molecule has 0 bridgehead atoms. The molecule has 0 saturated carbocycles. The van der Waals surface area contributed by atoms with Gasteiger partial charge in [-0.05, 0) is 31.5 Å². The van der Waals surface area contributed by atoms with Crippen molar-refractivity contribution in [3.63, 3.8) is 0 Å². The van der Waals surface area contributed by atoms with Gasteiger partial charge in [-0.2, -0.15) is 0 Å². The molecule has 1 aliphatic rings. The summed E-state index contributed by atoms with van der Waals surface area (Å²) >= 11 is 0. The van der Waals surface area contributed by atoms with Gasteiger partial charge in [-0.15, -0.1) is 0 Å². The molecule has 28 heavy (non-hydrogen) atoms. The second-order valence-electron chi connectivity index (χ2n) is 7.33. The molecule has 146 valence electrons. The summed E-state index contributed by atoms with van der Waals surface area (Å²) in [6.07, 6.45) is 0. The second-order valence-corrected chi connectivity index (χ2v) is 7.33. The lowest BCUT2D eigenvalue weighted by Crippen LogP contribution is -3.13. The third kappa shape index (κ3) is 3.62. The van der Waals surface area contributed by atoms with Crippen LogP contribution in [0, 0.1) is 6.92 Å². The molecule has 2 heterocycles. The summed E-state index contributed by atoms with van der Waals surface area (Å²) in [4.78, 5) is 16.3. The van der Waals surface area contributed by atoms with E-state index in [0.29, 0.717) is 12.4 Å². The van der Waals surface area contributed by atoms with E-state index in [2.05, 4.69) is 36.1 Å². The molecule has 0 radical (unpaired) electrons. The molecule has 0 atom stereocenters. The number of hydrogen-bond acceptors (Lipinski definition) is 4. The highest BCUT2D eigenvalue weighted by Crippen LogP contribution is 2.26. The number of anilines is 1. The van der Waals surface area contributed by atoms with E-state index >= 15 is 0 Å². The van der Waals surface area contributed by atoms with E-state index in [9.17, 15) is 4.79 Å². The molecule has 3 aromatic rings. The Bertz CT molecular complexity index is 971. The highest BCUT2D eigenvalue weighted by atomic mass is 16.5. The van der Waals surface area contributed by atoms with Crippen LogP contribution in [-0.4, -0.2) is 38.8 Å². The second kappa shape index (κ2) is 8.07. The fourth-order valence-corrected chi connectivity index (χ4v) is 4.04. The van der Waals surface area contributed by atoms with Crippen LogP contribution in [0.25, 0.3) is 11.0 Å². The van der Waals surface area contributed by atoms with E-state index < -0.39 is 0 Å². The lowest BCUT2D eigenvalue weighted by atomic mass is 10.1. The number of para-hydroxylation sites is 2. The predicted octanol–water partition coefficient (Wildman–Crippen LogP) is 2.82. The Balaban J connectivity index is 1.52. The number of carbonyl (C=O) groups is 1. The summed E-state index contributed by atoms with van der Waals surface area (Å²) in [6.45, 7) is 9.15. The highest BCUT2D eigenvalue weighted by molar-refractivity contribution is 5.96. The van der Waals surface area contributed by atoms with Gasteiger partial charge < -0.3 is 19.0 Å². The standard InChI is InChI=1S/C23H26N2O3/c1-3-27-23(26)22-19(18-9-5-7-11-21(18)28-22)16-24-12-14-25(15-13-24)20-10-6-4-8-17(20)2/h4-11H,3,12-16H2,1-2H3/p+1. The first-order chi connectivity index (χ1) is 13.7.